The molecule has 2 aromatic rings. The van der Waals surface area contributed by atoms with Crippen LogP contribution in [0, 0.1) is 0 Å². The lowest BCUT2D eigenvalue weighted by molar-refractivity contribution is -0.678. The Morgan fingerprint density at radius 2 is 2.00 bits per heavy atom. The summed E-state index contributed by atoms with van der Waals surface area (Å²) < 4.78 is 10.1. The van der Waals surface area contributed by atoms with Crippen molar-refractivity contribution in [3.63, 3.8) is 0 Å². The highest BCUT2D eigenvalue weighted by Gasteiger charge is 2.21. The van der Waals surface area contributed by atoms with Gasteiger partial charge in [0, 0.05) is 18.5 Å². The molecule has 6 heteroatoms. The van der Waals surface area contributed by atoms with Gasteiger partial charge in [0.25, 0.3) is 5.91 Å². The zero-order valence-electron chi connectivity index (χ0n) is 13.7. The molecule has 0 bridgehead atoms. The maximum atomic E-state index is 12.0. The van der Waals surface area contributed by atoms with Crippen LogP contribution in [0.3, 0.4) is 0 Å². The van der Waals surface area contributed by atoms with Crippen LogP contribution in [-0.2, 0) is 14.3 Å². The molecular formula is C18H23N2O4+. The molecule has 1 amide bonds. The number of hydrogen-bond acceptors (Lipinski definition) is 4. The van der Waals surface area contributed by atoms with E-state index < -0.39 is 0 Å². The molecule has 3 N–H and O–H groups in total. The maximum Gasteiger partial charge on any atom is 0.305 e. The van der Waals surface area contributed by atoms with Gasteiger partial charge in [0.15, 0.2) is 18.3 Å². The van der Waals surface area contributed by atoms with Gasteiger partial charge in [-0.25, -0.2) is 0 Å². The Bertz CT molecular complexity index is 626. The van der Waals surface area contributed by atoms with E-state index in [9.17, 15) is 9.59 Å². The Balaban J connectivity index is 1.83. The van der Waals surface area contributed by atoms with E-state index in [4.69, 9.17) is 4.42 Å². The van der Waals surface area contributed by atoms with Gasteiger partial charge >= 0.3 is 5.97 Å². The zero-order chi connectivity index (χ0) is 17.2. The number of esters is 1. The lowest BCUT2D eigenvalue weighted by Gasteiger charge is -2.13. The van der Waals surface area contributed by atoms with Crippen molar-refractivity contribution in [2.24, 2.45) is 0 Å². The number of methoxy groups -OCH3 is 1. The average Bonchev–Trinajstić information content (AvgIpc) is 3.14. The standard InChI is InChI=1S/C18H22N2O4/c1-23-17(22)10-5-11-19-16(21)13-20-18(15-9-6-12-24-15)14-7-3-2-4-8-14/h2-4,6-9,12,18,20H,5,10-11,13H2,1H3,(H,19,21)/p+1/t18-/m0/s1. The van der Waals surface area contributed by atoms with Crippen LogP contribution in [0.25, 0.3) is 0 Å². The summed E-state index contributed by atoms with van der Waals surface area (Å²) in [7, 11) is 1.36. The third kappa shape index (κ3) is 5.55. The Hall–Kier alpha value is -2.60. The fourth-order valence-corrected chi connectivity index (χ4v) is 2.40. The summed E-state index contributed by atoms with van der Waals surface area (Å²) in [4.78, 5) is 23.0. The molecule has 0 radical (unpaired) electrons. The van der Waals surface area contributed by atoms with E-state index in [0.29, 0.717) is 19.4 Å². The number of nitrogens with two attached hydrogens (primary N) is 1. The fraction of sp³-hybridized carbons (Fsp3) is 0.333. The predicted molar refractivity (Wildman–Crippen MR) is 88.0 cm³/mol. The number of amides is 1. The molecule has 0 aliphatic rings. The summed E-state index contributed by atoms with van der Waals surface area (Å²) in [6.07, 6.45) is 2.50. The number of quaternary nitrogens is 1. The minimum Gasteiger partial charge on any atom is -0.469 e. The molecule has 0 aliphatic carbocycles. The van der Waals surface area contributed by atoms with Gasteiger partial charge in [-0.15, -0.1) is 0 Å². The second kappa shape index (κ2) is 9.52. The zero-order valence-corrected chi connectivity index (χ0v) is 13.7. The number of nitrogens with one attached hydrogen (secondary N) is 1. The third-order valence-electron chi connectivity index (χ3n) is 3.65. The van der Waals surface area contributed by atoms with Crippen LogP contribution in [0.1, 0.15) is 30.2 Å². The smallest absolute Gasteiger partial charge is 0.305 e. The van der Waals surface area contributed by atoms with Crippen LogP contribution in [0.5, 0.6) is 0 Å². The minimum absolute atomic E-state index is 0.0676. The first-order chi connectivity index (χ1) is 11.7. The Morgan fingerprint density at radius 1 is 1.21 bits per heavy atom. The molecule has 6 nitrogen and oxygen atoms in total. The predicted octanol–water partition coefficient (Wildman–Crippen LogP) is 1.00. The highest BCUT2D eigenvalue weighted by atomic mass is 16.5. The molecule has 24 heavy (non-hydrogen) atoms. The van der Waals surface area contributed by atoms with Crippen LogP contribution in [0.4, 0.5) is 0 Å². The van der Waals surface area contributed by atoms with Crippen molar-refractivity contribution < 1.29 is 24.1 Å². The summed E-state index contributed by atoms with van der Waals surface area (Å²) in [6.45, 7) is 0.733. The van der Waals surface area contributed by atoms with Crippen molar-refractivity contribution in [2.75, 3.05) is 20.2 Å². The molecule has 0 aliphatic heterocycles. The van der Waals surface area contributed by atoms with Gasteiger partial charge < -0.3 is 19.8 Å². The summed E-state index contributed by atoms with van der Waals surface area (Å²) >= 11 is 0. The molecule has 1 atom stereocenters. The van der Waals surface area contributed by atoms with E-state index in [1.54, 1.807) is 6.26 Å². The van der Waals surface area contributed by atoms with Crippen LogP contribution in [0.15, 0.2) is 53.1 Å². The summed E-state index contributed by atoms with van der Waals surface area (Å²) in [5.41, 5.74) is 1.07. The van der Waals surface area contributed by atoms with Crippen molar-refractivity contribution in [3.8, 4) is 0 Å². The quantitative estimate of drug-likeness (QED) is 0.530. The van der Waals surface area contributed by atoms with Gasteiger partial charge in [-0.1, -0.05) is 30.3 Å². The van der Waals surface area contributed by atoms with Gasteiger partial charge in [-0.2, -0.15) is 0 Å². The van der Waals surface area contributed by atoms with Gasteiger partial charge in [-0.3, -0.25) is 9.59 Å². The first-order valence-electron chi connectivity index (χ1n) is 7.96. The number of furan rings is 1. The van der Waals surface area contributed by atoms with Crippen molar-refractivity contribution in [2.45, 2.75) is 18.9 Å². The van der Waals surface area contributed by atoms with E-state index in [2.05, 4.69) is 10.1 Å². The molecule has 0 fully saturated rings. The van der Waals surface area contributed by atoms with Gasteiger partial charge in [0.05, 0.1) is 13.4 Å². The summed E-state index contributed by atoms with van der Waals surface area (Å²) in [5, 5.41) is 4.74. The minimum atomic E-state index is -0.266. The molecule has 1 aromatic heterocycles. The topological polar surface area (TPSA) is 85.1 Å². The molecule has 0 unspecified atom stereocenters. The van der Waals surface area contributed by atoms with Crippen molar-refractivity contribution in [1.29, 1.82) is 0 Å². The highest BCUT2D eigenvalue weighted by molar-refractivity contribution is 5.76. The van der Waals surface area contributed by atoms with Crippen LogP contribution < -0.4 is 10.6 Å². The summed E-state index contributed by atoms with van der Waals surface area (Å²) in [5.74, 6) is 0.463. The van der Waals surface area contributed by atoms with Gasteiger partial charge in [-0.05, 0) is 18.6 Å². The normalized spacial score (nSPS) is 11.7. The second-order valence-electron chi connectivity index (χ2n) is 5.37. The highest BCUT2D eigenvalue weighted by Crippen LogP contribution is 2.18. The number of rotatable bonds is 9. The average molecular weight is 331 g/mol. The largest absolute Gasteiger partial charge is 0.469 e. The molecular weight excluding hydrogens is 308 g/mol. The first kappa shape index (κ1) is 17.7. The molecule has 0 saturated carbocycles. The van der Waals surface area contributed by atoms with Crippen molar-refractivity contribution >= 4 is 11.9 Å². The van der Waals surface area contributed by atoms with E-state index in [-0.39, 0.29) is 24.5 Å². The van der Waals surface area contributed by atoms with E-state index in [1.807, 2.05) is 47.8 Å². The van der Waals surface area contributed by atoms with Crippen molar-refractivity contribution in [1.82, 2.24) is 5.32 Å². The number of ether oxygens (including phenoxy) is 1. The van der Waals surface area contributed by atoms with Crippen LogP contribution in [0.2, 0.25) is 0 Å². The van der Waals surface area contributed by atoms with E-state index in [0.717, 1.165) is 11.3 Å². The van der Waals surface area contributed by atoms with Crippen LogP contribution in [-0.4, -0.2) is 32.1 Å². The maximum absolute atomic E-state index is 12.0. The SMILES string of the molecule is COC(=O)CCCNC(=O)C[NH2+][C@@H](c1ccccc1)c1ccco1. The van der Waals surface area contributed by atoms with Crippen molar-refractivity contribution in [3.05, 3.63) is 60.1 Å². The van der Waals surface area contributed by atoms with Gasteiger partial charge in [0.2, 0.25) is 0 Å². The Labute approximate surface area is 141 Å². The lowest BCUT2D eigenvalue weighted by Crippen LogP contribution is -2.87. The molecule has 2 rings (SSSR count). The van der Waals surface area contributed by atoms with E-state index >= 15 is 0 Å². The van der Waals surface area contributed by atoms with E-state index in [1.165, 1.54) is 7.11 Å². The molecule has 1 aromatic carbocycles. The summed E-state index contributed by atoms with van der Waals surface area (Å²) in [6, 6.07) is 13.6. The lowest BCUT2D eigenvalue weighted by atomic mass is 10.0. The second-order valence-corrected chi connectivity index (χ2v) is 5.37. The third-order valence-corrected chi connectivity index (χ3v) is 3.65. The number of carbonyl (C=O) groups excluding carboxylic acids is 2. The Kier molecular flexibility index (Phi) is 7.04. The number of benzene rings is 1. The molecule has 0 saturated heterocycles. The van der Waals surface area contributed by atoms with Crippen LogP contribution >= 0.6 is 0 Å². The molecule has 1 heterocycles. The fourth-order valence-electron chi connectivity index (χ4n) is 2.40. The monoisotopic (exact) mass is 331 g/mol. The number of hydrogen-bond donors (Lipinski definition) is 2. The number of carbonyl (C=O) groups is 2. The first-order valence-corrected chi connectivity index (χ1v) is 7.96. The Morgan fingerprint density at radius 3 is 2.67 bits per heavy atom. The molecule has 128 valence electrons. The van der Waals surface area contributed by atoms with Gasteiger partial charge in [0.1, 0.15) is 0 Å². The molecule has 0 spiro atoms.